The fourth-order valence-corrected chi connectivity index (χ4v) is 4.21. The number of hydrogen-bond donors (Lipinski definition) is 1. The van der Waals surface area contributed by atoms with Gasteiger partial charge in [0.25, 0.3) is 0 Å². The number of rotatable bonds is 6. The van der Waals surface area contributed by atoms with E-state index in [1.165, 1.54) is 12.5 Å². The lowest BCUT2D eigenvalue weighted by molar-refractivity contribution is -0.115. The number of aryl methyl sites for hydroxylation is 1. The van der Waals surface area contributed by atoms with Crippen LogP contribution in [0.2, 0.25) is 0 Å². The molecule has 0 bridgehead atoms. The molecule has 4 aromatic rings. The molecule has 1 aliphatic carbocycles. The van der Waals surface area contributed by atoms with Crippen molar-refractivity contribution in [2.75, 3.05) is 5.32 Å². The predicted octanol–water partition coefficient (Wildman–Crippen LogP) is 3.60. The summed E-state index contributed by atoms with van der Waals surface area (Å²) in [7, 11) is 1.87. The maximum Gasteiger partial charge on any atom is 0.228 e. The van der Waals surface area contributed by atoms with Crippen LogP contribution in [0.3, 0.4) is 0 Å². The van der Waals surface area contributed by atoms with Crippen LogP contribution in [0, 0.1) is 0 Å². The standard InChI is InChI=1S/C25H27N7O2/c1-25(2,3)32-13-20(19-11-27-14-28-24(19)32)23(34)16-7-18(10-26-9-16)29-21(33)8-17-12-31(4)30-22(17)15-5-6-15/h7,9-15H,5-6,8H2,1-4H3,(H,29,33). The minimum absolute atomic E-state index is 0.168. The molecule has 0 unspecified atom stereocenters. The van der Waals surface area contributed by atoms with Gasteiger partial charge in [0.2, 0.25) is 5.91 Å². The van der Waals surface area contributed by atoms with Gasteiger partial charge < -0.3 is 9.88 Å². The number of fused-ring (bicyclic) bond motifs is 1. The van der Waals surface area contributed by atoms with Gasteiger partial charge in [-0.3, -0.25) is 19.3 Å². The Bertz CT molecular complexity index is 1410. The van der Waals surface area contributed by atoms with Crippen LogP contribution in [-0.2, 0) is 23.8 Å². The van der Waals surface area contributed by atoms with Crippen LogP contribution in [0.1, 0.15) is 66.7 Å². The van der Waals surface area contributed by atoms with E-state index in [2.05, 4.69) is 46.1 Å². The van der Waals surface area contributed by atoms with Crippen molar-refractivity contribution in [3.8, 4) is 0 Å². The van der Waals surface area contributed by atoms with Crippen LogP contribution in [0.25, 0.3) is 11.0 Å². The monoisotopic (exact) mass is 457 g/mol. The molecule has 5 rings (SSSR count). The lowest BCUT2D eigenvalue weighted by Gasteiger charge is -2.21. The Balaban J connectivity index is 1.38. The number of carbonyl (C=O) groups is 2. The maximum absolute atomic E-state index is 13.4. The molecule has 34 heavy (non-hydrogen) atoms. The number of pyridine rings is 1. The van der Waals surface area contributed by atoms with E-state index in [1.807, 2.05) is 24.0 Å². The smallest absolute Gasteiger partial charge is 0.228 e. The van der Waals surface area contributed by atoms with Crippen molar-refractivity contribution in [2.45, 2.75) is 51.5 Å². The minimum atomic E-state index is -0.259. The Hall–Kier alpha value is -3.88. The Kier molecular flexibility index (Phi) is 5.27. The zero-order valence-corrected chi connectivity index (χ0v) is 19.7. The summed E-state index contributed by atoms with van der Waals surface area (Å²) >= 11 is 0. The summed E-state index contributed by atoms with van der Waals surface area (Å²) in [4.78, 5) is 38.9. The maximum atomic E-state index is 13.4. The molecule has 0 aromatic carbocycles. The Morgan fingerprint density at radius 2 is 1.91 bits per heavy atom. The van der Waals surface area contributed by atoms with Crippen molar-refractivity contribution < 1.29 is 9.59 Å². The molecular formula is C25H27N7O2. The van der Waals surface area contributed by atoms with Crippen molar-refractivity contribution >= 4 is 28.4 Å². The third-order valence-corrected chi connectivity index (χ3v) is 5.97. The molecule has 1 saturated carbocycles. The Morgan fingerprint density at radius 3 is 2.65 bits per heavy atom. The van der Waals surface area contributed by atoms with Gasteiger partial charge in [-0.15, -0.1) is 0 Å². The third kappa shape index (κ3) is 4.21. The summed E-state index contributed by atoms with van der Waals surface area (Å²) in [5.74, 6) is 0.0968. The van der Waals surface area contributed by atoms with Crippen molar-refractivity contribution in [1.29, 1.82) is 0 Å². The molecule has 9 heteroatoms. The number of carbonyl (C=O) groups excluding carboxylic acids is 2. The molecule has 0 aliphatic heterocycles. The van der Waals surface area contributed by atoms with Crippen molar-refractivity contribution in [3.05, 3.63) is 65.8 Å². The zero-order chi connectivity index (χ0) is 24.0. The average Bonchev–Trinajstić information content (AvgIpc) is 3.45. The van der Waals surface area contributed by atoms with Gasteiger partial charge in [-0.05, 0) is 39.7 Å². The van der Waals surface area contributed by atoms with Crippen LogP contribution in [0.5, 0.6) is 0 Å². The van der Waals surface area contributed by atoms with E-state index in [0.717, 1.165) is 24.1 Å². The summed E-state index contributed by atoms with van der Waals surface area (Å²) in [5, 5.41) is 8.08. The second-order valence-corrected chi connectivity index (χ2v) is 9.85. The van der Waals surface area contributed by atoms with Gasteiger partial charge in [-0.25, -0.2) is 9.97 Å². The number of ketones is 1. The first-order chi connectivity index (χ1) is 16.2. The molecular weight excluding hydrogens is 430 g/mol. The molecule has 1 amide bonds. The lowest BCUT2D eigenvalue weighted by Crippen LogP contribution is -2.21. The molecule has 0 radical (unpaired) electrons. The SMILES string of the molecule is Cn1cc(CC(=O)Nc2cncc(C(=O)c3cn(C(C)(C)C)c4ncncc34)c2)c(C2CC2)n1. The van der Waals surface area contributed by atoms with E-state index in [4.69, 9.17) is 0 Å². The largest absolute Gasteiger partial charge is 0.326 e. The summed E-state index contributed by atoms with van der Waals surface area (Å²) in [6.07, 6.45) is 12.4. The third-order valence-electron chi connectivity index (χ3n) is 5.97. The Morgan fingerprint density at radius 1 is 1.12 bits per heavy atom. The van der Waals surface area contributed by atoms with E-state index >= 15 is 0 Å². The predicted molar refractivity (Wildman–Crippen MR) is 128 cm³/mol. The summed E-state index contributed by atoms with van der Waals surface area (Å²) in [5.41, 5.74) is 3.75. The van der Waals surface area contributed by atoms with Crippen molar-refractivity contribution in [2.24, 2.45) is 7.05 Å². The first-order valence-corrected chi connectivity index (χ1v) is 11.3. The molecule has 1 fully saturated rings. The normalized spacial score (nSPS) is 13.9. The fourth-order valence-electron chi connectivity index (χ4n) is 4.21. The highest BCUT2D eigenvalue weighted by molar-refractivity contribution is 6.16. The highest BCUT2D eigenvalue weighted by Gasteiger charge is 2.29. The fraction of sp³-hybridized carbons (Fsp3) is 0.360. The van der Waals surface area contributed by atoms with E-state index in [-0.39, 0.29) is 23.7 Å². The number of amides is 1. The van der Waals surface area contributed by atoms with Crippen LogP contribution in [-0.4, -0.2) is 41.0 Å². The number of nitrogens with zero attached hydrogens (tertiary/aromatic N) is 6. The topological polar surface area (TPSA) is 108 Å². The lowest BCUT2D eigenvalue weighted by atomic mass is 10.1. The summed E-state index contributed by atoms with van der Waals surface area (Å²) < 4.78 is 3.73. The highest BCUT2D eigenvalue weighted by atomic mass is 16.1. The highest BCUT2D eigenvalue weighted by Crippen LogP contribution is 2.40. The van der Waals surface area contributed by atoms with Crippen molar-refractivity contribution in [1.82, 2.24) is 29.3 Å². The van der Waals surface area contributed by atoms with Gasteiger partial charge in [0, 0.05) is 59.8 Å². The van der Waals surface area contributed by atoms with Crippen LogP contribution in [0.15, 0.2) is 43.4 Å². The van der Waals surface area contributed by atoms with Gasteiger partial charge in [0.05, 0.1) is 29.6 Å². The quantitative estimate of drug-likeness (QED) is 0.443. The Labute approximate surface area is 197 Å². The van der Waals surface area contributed by atoms with Crippen LogP contribution in [0.4, 0.5) is 5.69 Å². The summed E-state index contributed by atoms with van der Waals surface area (Å²) in [6.45, 7) is 6.16. The number of hydrogen-bond acceptors (Lipinski definition) is 6. The van der Waals surface area contributed by atoms with E-state index in [9.17, 15) is 9.59 Å². The van der Waals surface area contributed by atoms with Gasteiger partial charge in [0.15, 0.2) is 5.78 Å². The second kappa shape index (κ2) is 8.16. The second-order valence-electron chi connectivity index (χ2n) is 9.85. The van der Waals surface area contributed by atoms with Crippen molar-refractivity contribution in [3.63, 3.8) is 0 Å². The molecule has 1 N–H and O–H groups in total. The molecule has 4 aromatic heterocycles. The average molecular weight is 458 g/mol. The van der Waals surface area contributed by atoms with Gasteiger partial charge >= 0.3 is 0 Å². The van der Waals surface area contributed by atoms with Gasteiger partial charge in [-0.2, -0.15) is 5.10 Å². The molecule has 0 saturated heterocycles. The molecule has 1 aliphatic rings. The van der Waals surface area contributed by atoms with E-state index in [1.54, 1.807) is 23.1 Å². The molecule has 174 valence electrons. The van der Waals surface area contributed by atoms with Crippen LogP contribution >= 0.6 is 0 Å². The molecule has 0 atom stereocenters. The minimum Gasteiger partial charge on any atom is -0.326 e. The van der Waals surface area contributed by atoms with Crippen LogP contribution < -0.4 is 5.32 Å². The number of aromatic nitrogens is 6. The molecule has 9 nitrogen and oxygen atoms in total. The van der Waals surface area contributed by atoms with Gasteiger partial charge in [0.1, 0.15) is 12.0 Å². The van der Waals surface area contributed by atoms with E-state index in [0.29, 0.717) is 33.8 Å². The molecule has 0 spiro atoms. The first-order valence-electron chi connectivity index (χ1n) is 11.3. The van der Waals surface area contributed by atoms with Gasteiger partial charge in [-0.1, -0.05) is 0 Å². The number of nitrogens with one attached hydrogen (secondary N) is 1. The van der Waals surface area contributed by atoms with E-state index < -0.39 is 0 Å². The zero-order valence-electron chi connectivity index (χ0n) is 19.7. The summed E-state index contributed by atoms with van der Waals surface area (Å²) in [6, 6.07) is 1.66. The molecule has 4 heterocycles. The number of anilines is 1. The first kappa shape index (κ1) is 21.9.